The van der Waals surface area contributed by atoms with Crippen LogP contribution in [0.4, 0.5) is 0 Å². The molecule has 2 N–H and O–H groups in total. The van der Waals surface area contributed by atoms with Gasteiger partial charge in [-0.05, 0) is 19.1 Å². The summed E-state index contributed by atoms with van der Waals surface area (Å²) in [6.07, 6.45) is 4.03. The lowest BCUT2D eigenvalue weighted by Crippen LogP contribution is -2.37. The molecular weight excluding hydrogens is 341 g/mol. The van der Waals surface area contributed by atoms with Gasteiger partial charge in [-0.15, -0.1) is 24.0 Å². The van der Waals surface area contributed by atoms with Crippen molar-refractivity contribution in [2.45, 2.75) is 19.5 Å². The SMILES string of the molecule is CC1CN=C(NCc2cn3ccccc3n2)N1.I. The Morgan fingerprint density at radius 2 is 2.39 bits per heavy atom. The Morgan fingerprint density at radius 1 is 1.50 bits per heavy atom. The third-order valence-electron chi connectivity index (χ3n) is 2.76. The molecule has 3 heterocycles. The van der Waals surface area contributed by atoms with Crippen molar-refractivity contribution >= 4 is 35.6 Å². The van der Waals surface area contributed by atoms with Crippen molar-refractivity contribution < 1.29 is 0 Å². The van der Waals surface area contributed by atoms with Gasteiger partial charge in [0.1, 0.15) is 5.65 Å². The van der Waals surface area contributed by atoms with Crippen LogP contribution in [-0.2, 0) is 6.54 Å². The van der Waals surface area contributed by atoms with Crippen LogP contribution in [-0.4, -0.2) is 27.9 Å². The van der Waals surface area contributed by atoms with Crippen LogP contribution in [0.1, 0.15) is 12.6 Å². The molecule has 0 saturated carbocycles. The van der Waals surface area contributed by atoms with Gasteiger partial charge in [0.2, 0.25) is 0 Å². The van der Waals surface area contributed by atoms with Crippen LogP contribution < -0.4 is 10.6 Å². The molecular formula is C12H16IN5. The normalized spacial score (nSPS) is 18.1. The van der Waals surface area contributed by atoms with Crippen molar-refractivity contribution in [2.75, 3.05) is 6.54 Å². The van der Waals surface area contributed by atoms with E-state index in [9.17, 15) is 0 Å². The molecule has 0 radical (unpaired) electrons. The summed E-state index contributed by atoms with van der Waals surface area (Å²) in [6, 6.07) is 6.41. The van der Waals surface area contributed by atoms with Gasteiger partial charge in [0.05, 0.1) is 18.8 Å². The van der Waals surface area contributed by atoms with E-state index in [1.807, 2.05) is 35.0 Å². The predicted molar refractivity (Wildman–Crippen MR) is 82.3 cm³/mol. The number of nitrogens with one attached hydrogen (secondary N) is 2. The molecule has 1 unspecified atom stereocenters. The molecule has 3 rings (SSSR count). The van der Waals surface area contributed by atoms with E-state index in [4.69, 9.17) is 0 Å². The van der Waals surface area contributed by atoms with Crippen LogP contribution in [0.15, 0.2) is 35.6 Å². The number of hydrogen-bond donors (Lipinski definition) is 2. The maximum atomic E-state index is 4.51. The van der Waals surface area contributed by atoms with E-state index in [0.29, 0.717) is 12.6 Å². The average Bonchev–Trinajstić information content (AvgIpc) is 2.91. The third-order valence-corrected chi connectivity index (χ3v) is 2.76. The molecule has 0 aliphatic carbocycles. The van der Waals surface area contributed by atoms with Gasteiger partial charge in [0, 0.05) is 18.4 Å². The summed E-state index contributed by atoms with van der Waals surface area (Å²) in [4.78, 5) is 8.86. The number of fused-ring (bicyclic) bond motifs is 1. The van der Waals surface area contributed by atoms with Gasteiger partial charge in [-0.1, -0.05) is 6.07 Å². The predicted octanol–water partition coefficient (Wildman–Crippen LogP) is 1.39. The van der Waals surface area contributed by atoms with Gasteiger partial charge in [0.25, 0.3) is 0 Å². The standard InChI is InChI=1S/C12H15N5.HI/c1-9-6-13-12(15-9)14-7-10-8-17-5-3-2-4-11(17)16-10;/h2-5,8-9H,6-7H2,1H3,(H2,13,14,15);1H. The zero-order valence-corrected chi connectivity index (χ0v) is 12.5. The van der Waals surface area contributed by atoms with Crippen LogP contribution in [0.5, 0.6) is 0 Å². The fourth-order valence-corrected chi connectivity index (χ4v) is 1.91. The second kappa shape index (κ2) is 5.55. The fraction of sp³-hybridized carbons (Fsp3) is 0.333. The van der Waals surface area contributed by atoms with E-state index in [-0.39, 0.29) is 24.0 Å². The van der Waals surface area contributed by atoms with Crippen molar-refractivity contribution in [1.29, 1.82) is 0 Å². The summed E-state index contributed by atoms with van der Waals surface area (Å²) in [5.41, 5.74) is 1.99. The Kier molecular flexibility index (Phi) is 4.05. The van der Waals surface area contributed by atoms with Gasteiger partial charge in [-0.25, -0.2) is 4.98 Å². The monoisotopic (exact) mass is 357 g/mol. The summed E-state index contributed by atoms with van der Waals surface area (Å²) in [6.45, 7) is 3.65. The summed E-state index contributed by atoms with van der Waals surface area (Å²) in [5, 5.41) is 6.51. The lowest BCUT2D eigenvalue weighted by atomic mass is 10.4. The van der Waals surface area contributed by atoms with Gasteiger partial charge < -0.3 is 15.0 Å². The maximum Gasteiger partial charge on any atom is 0.191 e. The van der Waals surface area contributed by atoms with Crippen LogP contribution in [0, 0.1) is 0 Å². The number of rotatable bonds is 2. The number of guanidine groups is 1. The zero-order chi connectivity index (χ0) is 11.7. The molecule has 0 fully saturated rings. The Labute approximate surface area is 123 Å². The lowest BCUT2D eigenvalue weighted by molar-refractivity contribution is 0.712. The number of aliphatic imine (C=N–C) groups is 1. The first-order chi connectivity index (χ1) is 8.31. The minimum absolute atomic E-state index is 0. The van der Waals surface area contributed by atoms with Crippen LogP contribution >= 0.6 is 24.0 Å². The molecule has 2 aromatic rings. The van der Waals surface area contributed by atoms with Gasteiger partial charge in [0.15, 0.2) is 5.96 Å². The fourth-order valence-electron chi connectivity index (χ4n) is 1.91. The maximum absolute atomic E-state index is 4.51. The smallest absolute Gasteiger partial charge is 0.191 e. The summed E-state index contributed by atoms with van der Waals surface area (Å²) in [5.74, 6) is 0.870. The number of nitrogens with zero attached hydrogens (tertiary/aromatic N) is 3. The molecule has 1 aliphatic rings. The molecule has 2 aromatic heterocycles. The van der Waals surface area contributed by atoms with Gasteiger partial charge >= 0.3 is 0 Å². The van der Waals surface area contributed by atoms with E-state index in [1.165, 1.54) is 0 Å². The molecule has 0 saturated heterocycles. The van der Waals surface area contributed by atoms with Crippen molar-refractivity contribution in [2.24, 2.45) is 4.99 Å². The van der Waals surface area contributed by atoms with Gasteiger partial charge in [-0.3, -0.25) is 4.99 Å². The molecule has 5 nitrogen and oxygen atoms in total. The largest absolute Gasteiger partial charge is 0.352 e. The van der Waals surface area contributed by atoms with Crippen molar-refractivity contribution in [3.8, 4) is 0 Å². The number of pyridine rings is 1. The zero-order valence-electron chi connectivity index (χ0n) is 10.1. The molecule has 6 heteroatoms. The summed E-state index contributed by atoms with van der Waals surface area (Å²) >= 11 is 0. The van der Waals surface area contributed by atoms with Crippen molar-refractivity contribution in [3.63, 3.8) is 0 Å². The molecule has 0 aromatic carbocycles. The van der Waals surface area contributed by atoms with Gasteiger partial charge in [-0.2, -0.15) is 0 Å². The van der Waals surface area contributed by atoms with E-state index in [1.54, 1.807) is 0 Å². The van der Waals surface area contributed by atoms with Crippen LogP contribution in [0.2, 0.25) is 0 Å². The molecule has 0 bridgehead atoms. The second-order valence-electron chi connectivity index (χ2n) is 4.29. The highest BCUT2D eigenvalue weighted by Crippen LogP contribution is 2.04. The minimum atomic E-state index is 0. The third kappa shape index (κ3) is 2.74. The lowest BCUT2D eigenvalue weighted by Gasteiger charge is -2.06. The molecule has 1 atom stereocenters. The Morgan fingerprint density at radius 3 is 3.11 bits per heavy atom. The summed E-state index contributed by atoms with van der Waals surface area (Å²) < 4.78 is 2.02. The topological polar surface area (TPSA) is 53.7 Å². The average molecular weight is 357 g/mol. The molecule has 0 spiro atoms. The number of aromatic nitrogens is 2. The van der Waals surface area contributed by atoms with Crippen molar-refractivity contribution in [3.05, 3.63) is 36.3 Å². The number of imidazole rings is 1. The van der Waals surface area contributed by atoms with Crippen molar-refractivity contribution in [1.82, 2.24) is 20.0 Å². The first-order valence-corrected chi connectivity index (χ1v) is 5.79. The number of hydrogen-bond acceptors (Lipinski definition) is 4. The first-order valence-electron chi connectivity index (χ1n) is 5.79. The van der Waals surface area contributed by atoms with E-state index < -0.39 is 0 Å². The highest BCUT2D eigenvalue weighted by atomic mass is 127. The number of halogens is 1. The van der Waals surface area contributed by atoms with E-state index in [0.717, 1.165) is 23.8 Å². The highest BCUT2D eigenvalue weighted by Gasteiger charge is 2.11. The van der Waals surface area contributed by atoms with E-state index >= 15 is 0 Å². The highest BCUT2D eigenvalue weighted by molar-refractivity contribution is 14.0. The molecule has 0 amide bonds. The molecule has 18 heavy (non-hydrogen) atoms. The van der Waals surface area contributed by atoms with E-state index in [2.05, 4.69) is 27.5 Å². The molecule has 1 aliphatic heterocycles. The quantitative estimate of drug-likeness (QED) is 0.799. The summed E-state index contributed by atoms with van der Waals surface area (Å²) in [7, 11) is 0. The Hall–Kier alpha value is -1.31. The second-order valence-corrected chi connectivity index (χ2v) is 4.29. The molecule has 96 valence electrons. The Bertz CT molecular complexity index is 529. The van der Waals surface area contributed by atoms with Crippen LogP contribution in [0.3, 0.4) is 0 Å². The first kappa shape index (κ1) is 13.1. The minimum Gasteiger partial charge on any atom is -0.352 e. The Balaban J connectivity index is 0.00000120. The van der Waals surface area contributed by atoms with Crippen LogP contribution in [0.25, 0.3) is 5.65 Å².